The van der Waals surface area contributed by atoms with E-state index in [0.717, 1.165) is 72.6 Å². The molecule has 1 unspecified atom stereocenters. The van der Waals surface area contributed by atoms with Gasteiger partial charge in [0.25, 0.3) is 5.91 Å². The number of aryl methyl sites for hydroxylation is 1. The number of imidazole rings is 1. The largest absolute Gasteiger partial charge is 0.482 e. The SMILES string of the molecule is COc1cc(C(=O)N2[C@H]3CC[C@@H]2[C@H](N)C3)cc2nc(-c3cc4ccc(C5CCN(C)C(=O)C5)nc4n3CC3CC3)c(C)n12. The van der Waals surface area contributed by atoms with Gasteiger partial charge in [-0.3, -0.25) is 14.0 Å². The third-order valence-corrected chi connectivity index (χ3v) is 10.4. The molecule has 10 nitrogen and oxygen atoms in total. The van der Waals surface area contributed by atoms with Gasteiger partial charge in [-0.1, -0.05) is 0 Å². The summed E-state index contributed by atoms with van der Waals surface area (Å²) < 4.78 is 10.2. The molecule has 8 rings (SSSR count). The Labute approximate surface area is 250 Å². The molecular weight excluding hydrogens is 542 g/mol. The Balaban J connectivity index is 1.22. The lowest BCUT2D eigenvalue weighted by Gasteiger charge is -2.28. The van der Waals surface area contributed by atoms with Gasteiger partial charge in [-0.2, -0.15) is 0 Å². The summed E-state index contributed by atoms with van der Waals surface area (Å²) in [5.74, 6) is 1.54. The number of rotatable bonds is 6. The van der Waals surface area contributed by atoms with E-state index < -0.39 is 0 Å². The van der Waals surface area contributed by atoms with Crippen LogP contribution < -0.4 is 10.5 Å². The Kier molecular flexibility index (Phi) is 6.08. The lowest BCUT2D eigenvalue weighted by atomic mass is 9.92. The van der Waals surface area contributed by atoms with Crippen LogP contribution in [0.5, 0.6) is 5.88 Å². The second-order valence-electron chi connectivity index (χ2n) is 13.2. The highest BCUT2D eigenvalue weighted by Crippen LogP contribution is 2.40. The summed E-state index contributed by atoms with van der Waals surface area (Å²) in [5.41, 5.74) is 12.4. The van der Waals surface area contributed by atoms with Crippen molar-refractivity contribution in [3.63, 3.8) is 0 Å². The van der Waals surface area contributed by atoms with Crippen molar-refractivity contribution < 1.29 is 14.3 Å². The minimum atomic E-state index is 0.00965. The van der Waals surface area contributed by atoms with Crippen molar-refractivity contribution in [3.05, 3.63) is 47.3 Å². The van der Waals surface area contributed by atoms with E-state index in [2.05, 4.69) is 29.7 Å². The summed E-state index contributed by atoms with van der Waals surface area (Å²) in [4.78, 5) is 40.4. The van der Waals surface area contributed by atoms with E-state index in [4.69, 9.17) is 20.4 Å². The van der Waals surface area contributed by atoms with Crippen LogP contribution in [0.1, 0.15) is 72.6 Å². The zero-order valence-corrected chi connectivity index (χ0v) is 25.1. The van der Waals surface area contributed by atoms with Crippen LogP contribution in [-0.4, -0.2) is 79.4 Å². The molecule has 4 fully saturated rings. The lowest BCUT2D eigenvalue weighted by Crippen LogP contribution is -2.40. The van der Waals surface area contributed by atoms with E-state index >= 15 is 0 Å². The van der Waals surface area contributed by atoms with E-state index in [-0.39, 0.29) is 35.9 Å². The molecule has 2 amide bonds. The lowest BCUT2D eigenvalue weighted by molar-refractivity contribution is -0.132. The summed E-state index contributed by atoms with van der Waals surface area (Å²) >= 11 is 0. The molecular formula is C33H39N7O3. The second-order valence-corrected chi connectivity index (χ2v) is 13.2. The number of likely N-dealkylation sites (tertiary alicyclic amines) is 1. The van der Waals surface area contributed by atoms with Gasteiger partial charge in [0.2, 0.25) is 5.91 Å². The van der Waals surface area contributed by atoms with Crippen molar-refractivity contribution in [2.24, 2.45) is 11.7 Å². The zero-order valence-electron chi connectivity index (χ0n) is 25.1. The third kappa shape index (κ3) is 4.24. The van der Waals surface area contributed by atoms with Crippen LogP contribution >= 0.6 is 0 Å². The molecule has 0 aromatic carbocycles. The fourth-order valence-electron chi connectivity index (χ4n) is 7.80. The Bertz CT molecular complexity index is 1790. The van der Waals surface area contributed by atoms with Gasteiger partial charge in [0.15, 0.2) is 5.88 Å². The van der Waals surface area contributed by atoms with Gasteiger partial charge < -0.3 is 24.8 Å². The second kappa shape index (κ2) is 9.80. The van der Waals surface area contributed by atoms with Crippen LogP contribution in [0.2, 0.25) is 0 Å². The molecule has 2 bridgehead atoms. The van der Waals surface area contributed by atoms with Crippen LogP contribution in [-0.2, 0) is 11.3 Å². The topological polar surface area (TPSA) is 111 Å². The highest BCUT2D eigenvalue weighted by molar-refractivity contribution is 5.97. The Morgan fingerprint density at radius 3 is 2.63 bits per heavy atom. The van der Waals surface area contributed by atoms with E-state index in [1.165, 1.54) is 12.8 Å². The standard InChI is InChI=1S/C33H39N7O3/c1-18-31(36-28-13-22(15-30(43-3)39(18)28)33(42)40-23-7-9-26(40)24(34)16-23)27-12-21-6-8-25(20-10-11-37(2)29(41)14-20)35-32(21)38(27)17-19-4-5-19/h6,8,12-13,15,19-20,23-24,26H,4-5,7,9-11,14,16-17,34H2,1-3H3/t20?,23-,24+,26+/m0/s1. The summed E-state index contributed by atoms with van der Waals surface area (Å²) in [7, 11) is 3.51. The predicted molar refractivity (Wildman–Crippen MR) is 163 cm³/mol. The molecule has 1 aliphatic carbocycles. The third-order valence-electron chi connectivity index (χ3n) is 10.4. The van der Waals surface area contributed by atoms with Crippen LogP contribution in [0.4, 0.5) is 0 Å². The van der Waals surface area contributed by atoms with Crippen LogP contribution in [0.25, 0.3) is 28.1 Å². The fourth-order valence-corrected chi connectivity index (χ4v) is 7.80. The smallest absolute Gasteiger partial charge is 0.254 e. The van der Waals surface area contributed by atoms with Crippen LogP contribution in [0, 0.1) is 12.8 Å². The number of carbonyl (C=O) groups excluding carboxylic acids is 2. The molecule has 10 heteroatoms. The van der Waals surface area contributed by atoms with Crippen molar-refractivity contribution in [2.75, 3.05) is 20.7 Å². The first-order chi connectivity index (χ1) is 20.8. The normalized spacial score (nSPS) is 25.4. The van der Waals surface area contributed by atoms with Gasteiger partial charge in [0.1, 0.15) is 17.0 Å². The number of aromatic nitrogens is 4. The first-order valence-corrected chi connectivity index (χ1v) is 15.7. The maximum absolute atomic E-state index is 13.8. The predicted octanol–water partition coefficient (Wildman–Crippen LogP) is 4.12. The molecule has 0 spiro atoms. The zero-order chi connectivity index (χ0) is 29.6. The molecule has 4 aromatic rings. The van der Waals surface area contributed by atoms with Gasteiger partial charge in [-0.15, -0.1) is 0 Å². The van der Waals surface area contributed by atoms with Crippen molar-refractivity contribution in [3.8, 4) is 17.3 Å². The van der Waals surface area contributed by atoms with Gasteiger partial charge in [-0.05, 0) is 75.6 Å². The number of piperidine rings is 1. The van der Waals surface area contributed by atoms with Gasteiger partial charge in [0.05, 0.1) is 18.5 Å². The minimum Gasteiger partial charge on any atom is -0.482 e. The van der Waals surface area contributed by atoms with Crippen LogP contribution in [0.3, 0.4) is 0 Å². The first-order valence-electron chi connectivity index (χ1n) is 15.7. The number of fused-ring (bicyclic) bond motifs is 4. The molecule has 43 heavy (non-hydrogen) atoms. The maximum Gasteiger partial charge on any atom is 0.254 e. The molecule has 2 N–H and O–H groups in total. The molecule has 224 valence electrons. The number of methoxy groups -OCH3 is 1. The molecule has 4 aliphatic rings. The highest BCUT2D eigenvalue weighted by Gasteiger charge is 2.47. The molecule has 0 radical (unpaired) electrons. The minimum absolute atomic E-state index is 0.00965. The fraction of sp³-hybridized carbons (Fsp3) is 0.515. The number of nitrogens with zero attached hydrogens (tertiary/aromatic N) is 6. The number of hydrogen-bond acceptors (Lipinski definition) is 6. The highest BCUT2D eigenvalue weighted by atomic mass is 16.5. The Morgan fingerprint density at radius 1 is 1.09 bits per heavy atom. The Hall–Kier alpha value is -3.92. The molecule has 4 atom stereocenters. The van der Waals surface area contributed by atoms with E-state index in [1.54, 1.807) is 7.11 Å². The number of hydrogen-bond donors (Lipinski definition) is 1. The number of amides is 2. The first kappa shape index (κ1) is 26.7. The van der Waals surface area contributed by atoms with Gasteiger partial charge >= 0.3 is 0 Å². The monoisotopic (exact) mass is 581 g/mol. The molecule has 1 saturated carbocycles. The van der Waals surface area contributed by atoms with Crippen molar-refractivity contribution in [1.29, 1.82) is 0 Å². The average molecular weight is 582 g/mol. The molecule has 3 aliphatic heterocycles. The van der Waals surface area contributed by atoms with Crippen molar-refractivity contribution in [2.45, 2.75) is 82.5 Å². The van der Waals surface area contributed by atoms with Crippen LogP contribution in [0.15, 0.2) is 30.3 Å². The summed E-state index contributed by atoms with van der Waals surface area (Å²) in [6.45, 7) is 3.70. The number of pyridine rings is 2. The van der Waals surface area contributed by atoms with Gasteiger partial charge in [-0.25, -0.2) is 9.97 Å². The average Bonchev–Trinajstić information content (AvgIpc) is 3.32. The summed E-state index contributed by atoms with van der Waals surface area (Å²) in [6, 6.07) is 10.5. The summed E-state index contributed by atoms with van der Waals surface area (Å²) in [5, 5.41) is 1.07. The molecule has 7 heterocycles. The molecule has 3 saturated heterocycles. The number of nitrogens with two attached hydrogens (primary N) is 1. The molecule has 4 aromatic heterocycles. The van der Waals surface area contributed by atoms with E-state index in [9.17, 15) is 9.59 Å². The van der Waals surface area contributed by atoms with E-state index in [1.807, 2.05) is 33.4 Å². The Morgan fingerprint density at radius 2 is 1.93 bits per heavy atom. The number of ether oxygens (including phenoxy) is 1. The van der Waals surface area contributed by atoms with Crippen molar-refractivity contribution in [1.82, 2.24) is 28.7 Å². The van der Waals surface area contributed by atoms with E-state index in [0.29, 0.717) is 29.4 Å². The number of carbonyl (C=O) groups is 2. The van der Waals surface area contributed by atoms with Gasteiger partial charge in [0, 0.05) is 73.3 Å². The summed E-state index contributed by atoms with van der Waals surface area (Å²) in [6.07, 6.45) is 6.72. The van der Waals surface area contributed by atoms with Crippen molar-refractivity contribution >= 4 is 28.5 Å². The quantitative estimate of drug-likeness (QED) is 0.367. The maximum atomic E-state index is 13.8.